The molecule has 2 aromatic carbocycles. The molecular weight excluding hydrogens is 340 g/mol. The number of carbonyl (C=O) groups excluding carboxylic acids is 2. The van der Waals surface area contributed by atoms with Crippen LogP contribution in [-0.2, 0) is 4.74 Å². The first-order valence-corrected chi connectivity index (χ1v) is 8.39. The lowest BCUT2D eigenvalue weighted by Crippen LogP contribution is -2.46. The summed E-state index contributed by atoms with van der Waals surface area (Å²) in [6.45, 7) is 4.30. The molecular formula is C20H19F2NO3. The van der Waals surface area contributed by atoms with Crippen LogP contribution in [0.15, 0.2) is 36.4 Å². The second-order valence-electron chi connectivity index (χ2n) is 6.47. The van der Waals surface area contributed by atoms with Gasteiger partial charge in [0.15, 0.2) is 23.7 Å². The standard InChI is InChI=1S/C20H19F2NO3/c1-12-9-23(10-13(2)26-12)19-15(11-24)8-16(17(21)18(19)22)20(25)14-6-4-3-5-7-14/h3-8,11-13H,9-10H2,1-2H3/t12-,13+. The Morgan fingerprint density at radius 3 is 2.31 bits per heavy atom. The summed E-state index contributed by atoms with van der Waals surface area (Å²) >= 11 is 0. The summed E-state index contributed by atoms with van der Waals surface area (Å²) in [5, 5.41) is 0. The van der Waals surface area contributed by atoms with Crippen LogP contribution in [0.25, 0.3) is 0 Å². The maximum atomic E-state index is 14.9. The lowest BCUT2D eigenvalue weighted by molar-refractivity contribution is -0.00547. The van der Waals surface area contributed by atoms with E-state index < -0.39 is 23.0 Å². The van der Waals surface area contributed by atoms with Gasteiger partial charge >= 0.3 is 0 Å². The third kappa shape index (κ3) is 3.37. The van der Waals surface area contributed by atoms with Crippen molar-refractivity contribution in [3.05, 3.63) is 64.7 Å². The number of ether oxygens (including phenoxy) is 1. The number of benzene rings is 2. The zero-order valence-corrected chi connectivity index (χ0v) is 14.5. The maximum absolute atomic E-state index is 14.9. The van der Waals surface area contributed by atoms with Crippen molar-refractivity contribution in [2.45, 2.75) is 26.1 Å². The van der Waals surface area contributed by atoms with Gasteiger partial charge in [-0.1, -0.05) is 30.3 Å². The first-order chi connectivity index (χ1) is 12.4. The molecule has 0 radical (unpaired) electrons. The average molecular weight is 359 g/mol. The van der Waals surface area contributed by atoms with Gasteiger partial charge in [0.25, 0.3) is 0 Å². The number of anilines is 1. The molecule has 0 saturated carbocycles. The molecule has 0 bridgehead atoms. The van der Waals surface area contributed by atoms with E-state index in [4.69, 9.17) is 4.74 Å². The minimum atomic E-state index is -1.24. The summed E-state index contributed by atoms with van der Waals surface area (Å²) < 4.78 is 35.2. The molecule has 0 unspecified atom stereocenters. The van der Waals surface area contributed by atoms with Crippen molar-refractivity contribution < 1.29 is 23.1 Å². The number of rotatable bonds is 4. The van der Waals surface area contributed by atoms with E-state index in [0.717, 1.165) is 6.07 Å². The predicted molar refractivity (Wildman–Crippen MR) is 93.8 cm³/mol. The van der Waals surface area contributed by atoms with Gasteiger partial charge < -0.3 is 9.64 Å². The third-order valence-corrected chi connectivity index (χ3v) is 4.35. The molecule has 1 saturated heterocycles. The Labute approximate surface area is 150 Å². The van der Waals surface area contributed by atoms with E-state index in [1.807, 2.05) is 13.8 Å². The van der Waals surface area contributed by atoms with Gasteiger partial charge in [-0.15, -0.1) is 0 Å². The molecule has 2 aromatic rings. The largest absolute Gasteiger partial charge is 0.372 e. The Morgan fingerprint density at radius 2 is 1.73 bits per heavy atom. The van der Waals surface area contributed by atoms with Gasteiger partial charge in [-0.05, 0) is 19.9 Å². The smallest absolute Gasteiger partial charge is 0.196 e. The van der Waals surface area contributed by atoms with E-state index in [2.05, 4.69) is 0 Å². The van der Waals surface area contributed by atoms with Crippen LogP contribution >= 0.6 is 0 Å². The predicted octanol–water partition coefficient (Wildman–Crippen LogP) is 3.62. The molecule has 3 rings (SSSR count). The van der Waals surface area contributed by atoms with Crippen molar-refractivity contribution in [2.24, 2.45) is 0 Å². The molecule has 0 N–H and O–H groups in total. The van der Waals surface area contributed by atoms with E-state index in [-0.39, 0.29) is 29.0 Å². The van der Waals surface area contributed by atoms with Crippen molar-refractivity contribution in [1.29, 1.82) is 0 Å². The molecule has 4 nitrogen and oxygen atoms in total. The van der Waals surface area contributed by atoms with Crippen molar-refractivity contribution in [1.82, 2.24) is 0 Å². The number of hydrogen-bond acceptors (Lipinski definition) is 4. The minimum Gasteiger partial charge on any atom is -0.372 e. The van der Waals surface area contributed by atoms with Crippen molar-refractivity contribution >= 4 is 17.8 Å². The number of nitrogens with zero attached hydrogens (tertiary/aromatic N) is 1. The van der Waals surface area contributed by atoms with E-state index in [1.54, 1.807) is 23.1 Å². The second-order valence-corrected chi connectivity index (χ2v) is 6.47. The van der Waals surface area contributed by atoms with Crippen LogP contribution < -0.4 is 4.90 Å². The Hall–Kier alpha value is -2.60. The molecule has 26 heavy (non-hydrogen) atoms. The molecule has 0 amide bonds. The van der Waals surface area contributed by atoms with Crippen molar-refractivity contribution in [3.63, 3.8) is 0 Å². The number of aldehydes is 1. The van der Waals surface area contributed by atoms with Crippen molar-refractivity contribution in [3.8, 4) is 0 Å². The molecule has 1 fully saturated rings. The van der Waals surface area contributed by atoms with Crippen LogP contribution in [-0.4, -0.2) is 37.4 Å². The summed E-state index contributed by atoms with van der Waals surface area (Å²) in [4.78, 5) is 25.7. The number of ketones is 1. The fourth-order valence-electron chi connectivity index (χ4n) is 3.32. The average Bonchev–Trinajstić information content (AvgIpc) is 2.63. The van der Waals surface area contributed by atoms with Gasteiger partial charge in [0, 0.05) is 24.2 Å². The van der Waals surface area contributed by atoms with E-state index in [1.165, 1.54) is 12.1 Å². The first-order valence-electron chi connectivity index (χ1n) is 8.39. The van der Waals surface area contributed by atoms with Gasteiger partial charge in [-0.25, -0.2) is 8.78 Å². The molecule has 1 heterocycles. The highest BCUT2D eigenvalue weighted by atomic mass is 19.2. The molecule has 2 atom stereocenters. The molecule has 0 aromatic heterocycles. The molecule has 0 spiro atoms. The zero-order chi connectivity index (χ0) is 18.8. The lowest BCUT2D eigenvalue weighted by Gasteiger charge is -2.37. The van der Waals surface area contributed by atoms with Gasteiger partial charge in [-0.2, -0.15) is 0 Å². The van der Waals surface area contributed by atoms with Gasteiger partial charge in [0.1, 0.15) is 0 Å². The van der Waals surface area contributed by atoms with Crippen molar-refractivity contribution in [2.75, 3.05) is 18.0 Å². The van der Waals surface area contributed by atoms with Crippen LogP contribution in [0.2, 0.25) is 0 Å². The van der Waals surface area contributed by atoms with Crippen LogP contribution in [0.1, 0.15) is 40.1 Å². The molecule has 0 aliphatic carbocycles. The number of halogens is 2. The summed E-state index contributed by atoms with van der Waals surface area (Å²) in [6.07, 6.45) is 0.0717. The lowest BCUT2D eigenvalue weighted by atomic mass is 9.98. The van der Waals surface area contributed by atoms with E-state index >= 15 is 0 Å². The Kier molecular flexibility index (Phi) is 5.13. The first kappa shape index (κ1) is 18.2. The Bertz CT molecular complexity index is 829. The number of morpholine rings is 1. The fourth-order valence-corrected chi connectivity index (χ4v) is 3.32. The highest BCUT2D eigenvalue weighted by Gasteiger charge is 2.30. The summed E-state index contributed by atoms with van der Waals surface area (Å²) in [7, 11) is 0. The Balaban J connectivity index is 2.07. The van der Waals surface area contributed by atoms with E-state index in [9.17, 15) is 18.4 Å². The molecule has 136 valence electrons. The van der Waals surface area contributed by atoms with Gasteiger partial charge in [-0.3, -0.25) is 9.59 Å². The highest BCUT2D eigenvalue weighted by Crippen LogP contribution is 2.31. The minimum absolute atomic E-state index is 0.0514. The summed E-state index contributed by atoms with van der Waals surface area (Å²) in [5.41, 5.74) is -0.397. The number of hydrogen-bond donors (Lipinski definition) is 0. The fraction of sp³-hybridized carbons (Fsp3) is 0.300. The molecule has 1 aliphatic heterocycles. The van der Waals surface area contributed by atoms with Gasteiger partial charge in [0.2, 0.25) is 0 Å². The second kappa shape index (κ2) is 7.33. The summed E-state index contributed by atoms with van der Waals surface area (Å²) in [6, 6.07) is 9.13. The highest BCUT2D eigenvalue weighted by molar-refractivity contribution is 6.10. The van der Waals surface area contributed by atoms with Crippen LogP contribution in [0.5, 0.6) is 0 Å². The maximum Gasteiger partial charge on any atom is 0.196 e. The van der Waals surface area contributed by atoms with Crippen LogP contribution in [0.3, 0.4) is 0 Å². The monoisotopic (exact) mass is 359 g/mol. The van der Waals surface area contributed by atoms with E-state index in [0.29, 0.717) is 19.4 Å². The van der Waals surface area contributed by atoms with Gasteiger partial charge in [0.05, 0.1) is 23.5 Å². The van der Waals surface area contributed by atoms with Crippen LogP contribution in [0.4, 0.5) is 14.5 Å². The third-order valence-electron chi connectivity index (χ3n) is 4.35. The molecule has 1 aliphatic rings. The SMILES string of the molecule is C[C@@H]1CN(c2c(C=O)cc(C(=O)c3ccccc3)c(F)c2F)C[C@H](C)O1. The zero-order valence-electron chi connectivity index (χ0n) is 14.5. The number of carbonyl (C=O) groups is 2. The Morgan fingerprint density at radius 1 is 1.12 bits per heavy atom. The quantitative estimate of drug-likeness (QED) is 0.618. The summed E-state index contributed by atoms with van der Waals surface area (Å²) in [5.74, 6) is -3.10. The normalized spacial score (nSPS) is 20.1. The van der Waals surface area contributed by atoms with Crippen LogP contribution in [0, 0.1) is 11.6 Å². The topological polar surface area (TPSA) is 46.6 Å². The molecule has 6 heteroatoms.